The highest BCUT2D eigenvalue weighted by Crippen LogP contribution is 2.42. The van der Waals surface area contributed by atoms with E-state index in [0.717, 1.165) is 159 Å². The molecule has 0 N–H and O–H groups in total. The van der Waals surface area contributed by atoms with E-state index < -0.39 is 0 Å². The minimum Gasteiger partial charge on any atom is -0.218 e. The lowest BCUT2D eigenvalue weighted by atomic mass is 9.96. The molecule has 19 aromatic carbocycles. The van der Waals surface area contributed by atoms with E-state index in [1.807, 2.05) is 176 Å². The van der Waals surface area contributed by atoms with Crippen molar-refractivity contribution in [3.05, 3.63) is 433 Å². The van der Waals surface area contributed by atoms with Crippen molar-refractivity contribution in [1.29, 1.82) is 0 Å². The first kappa shape index (κ1) is 78.7. The second-order valence-corrected chi connectivity index (χ2v) is 31.6. The van der Waals surface area contributed by atoms with Gasteiger partial charge in [-0.3, -0.25) is 0 Å². The SMILES string of the molecule is Clc1nc(-c2ccc(-c3ccccc3)cc2)c2c(ccc3ccccc32)n1.Clc1nc(-c2ccc3ccccc3c2)c2c(ccc3ccccc32)n1.Clc1nc(-c2cccc(-c3ccccc3)c2)c2c(ccc3ccccc32)n1.Clc1nc(-c2cccc3ccccc23)c2c(ccc3ccccc32)n1.Clc1nc(-c2ccccc2)c2c(ccc3ccccc32)n1. The maximum Gasteiger partial charge on any atom is 0.223 e. The zero-order valence-electron chi connectivity index (χ0n) is 66.5. The largest absolute Gasteiger partial charge is 0.223 e. The van der Waals surface area contributed by atoms with E-state index in [-0.39, 0.29) is 26.4 Å². The standard InChI is InChI=1S/2C24H15ClN2.2C22H13ClN2.C18H11ClN2/c25-24-26-21-14-13-17-9-4-5-12-20(17)22(21)23(27-24)19-11-6-10-18(15-19)16-7-2-1-3-8-16;25-24-26-21-15-14-18-8-4-5-9-20(18)22(21)23(27-24)19-12-10-17(11-13-19)16-6-2-1-3-7-16;23-22-24-19-13-12-15-7-2-4-10-17(15)20(19)21(25-22)18-11-5-8-14-6-1-3-9-16(14)18;23-22-24-19-12-11-15-6-3-4-8-18(15)20(19)21(25-22)17-10-9-14-5-1-2-7-16(14)13-17;19-18-20-15-11-10-12-6-4-5-9-14(12)16(15)17(21-18)13-7-2-1-3-8-13/h2*1-15H;2*1-13H;1-11H. The first-order valence-electron chi connectivity index (χ1n) is 40.6. The molecule has 0 aliphatic heterocycles. The Balaban J connectivity index is 0.0000000990. The van der Waals surface area contributed by atoms with Gasteiger partial charge in [0, 0.05) is 54.7 Å². The van der Waals surface area contributed by atoms with Crippen molar-refractivity contribution in [3.63, 3.8) is 0 Å². The van der Waals surface area contributed by atoms with E-state index in [9.17, 15) is 0 Å². The summed E-state index contributed by atoms with van der Waals surface area (Å²) in [6.45, 7) is 0. The Morgan fingerprint density at radius 2 is 0.368 bits per heavy atom. The predicted octanol–water partition coefficient (Wildman–Crippen LogP) is 31.2. The van der Waals surface area contributed by atoms with Crippen LogP contribution < -0.4 is 0 Å². The number of halogens is 5. The van der Waals surface area contributed by atoms with Crippen LogP contribution in [0.2, 0.25) is 26.4 Å². The lowest BCUT2D eigenvalue weighted by molar-refractivity contribution is 1.23. The van der Waals surface area contributed by atoms with E-state index in [0.29, 0.717) is 0 Å². The molecule has 0 spiro atoms. The van der Waals surface area contributed by atoms with Crippen LogP contribution in [0.3, 0.4) is 0 Å². The van der Waals surface area contributed by atoms with Gasteiger partial charge in [-0.15, -0.1) is 0 Å². The Morgan fingerprint density at radius 1 is 0.136 bits per heavy atom. The highest BCUT2D eigenvalue weighted by atomic mass is 35.5. The summed E-state index contributed by atoms with van der Waals surface area (Å²) < 4.78 is 0. The molecule has 24 rings (SSSR count). The quantitative estimate of drug-likeness (QED) is 0.112. The molecule has 10 nitrogen and oxygen atoms in total. The Morgan fingerprint density at radius 3 is 0.768 bits per heavy atom. The van der Waals surface area contributed by atoms with Crippen molar-refractivity contribution >= 4 is 188 Å². The number of rotatable bonds is 7. The first-order valence-corrected chi connectivity index (χ1v) is 42.5. The number of benzene rings is 19. The summed E-state index contributed by atoms with van der Waals surface area (Å²) in [6.07, 6.45) is 0. The average molecular weight is 1710 g/mol. The molecular formula is C110H67Cl5N10. The van der Waals surface area contributed by atoms with Gasteiger partial charge in [-0.25, -0.2) is 49.8 Å². The van der Waals surface area contributed by atoms with Crippen LogP contribution in [-0.4, -0.2) is 49.8 Å². The fraction of sp³-hybridized carbons (Fsp3) is 0. The molecule has 592 valence electrons. The van der Waals surface area contributed by atoms with Crippen LogP contribution in [0.25, 0.3) is 208 Å². The van der Waals surface area contributed by atoms with Gasteiger partial charge in [-0.1, -0.05) is 364 Å². The van der Waals surface area contributed by atoms with Crippen molar-refractivity contribution in [2.45, 2.75) is 0 Å². The number of hydrogen-bond donors (Lipinski definition) is 0. The molecule has 0 saturated carbocycles. The van der Waals surface area contributed by atoms with Crippen LogP contribution in [0.1, 0.15) is 0 Å². The second-order valence-electron chi connectivity index (χ2n) is 30.0. The molecule has 0 fully saturated rings. The maximum atomic E-state index is 6.26. The zero-order valence-corrected chi connectivity index (χ0v) is 70.3. The number of nitrogens with zero attached hydrogens (tertiary/aromatic N) is 10. The summed E-state index contributed by atoms with van der Waals surface area (Å²) in [5.41, 5.74) is 18.6. The van der Waals surface area contributed by atoms with E-state index in [4.69, 9.17) is 58.0 Å². The molecular weight excluding hydrogens is 1640 g/mol. The van der Waals surface area contributed by atoms with Crippen molar-refractivity contribution in [1.82, 2.24) is 49.8 Å². The number of fused-ring (bicyclic) bond motifs is 17. The first-order chi connectivity index (χ1) is 61.5. The fourth-order valence-electron chi connectivity index (χ4n) is 16.7. The molecule has 0 aliphatic carbocycles. The molecule has 0 saturated heterocycles. The monoisotopic (exact) mass is 1700 g/mol. The Bertz CT molecular complexity index is 8250. The average Bonchev–Trinajstić information content (AvgIpc) is 0.766. The van der Waals surface area contributed by atoms with E-state index in [1.165, 1.54) is 49.0 Å². The molecule has 5 heterocycles. The molecule has 5 aromatic heterocycles. The van der Waals surface area contributed by atoms with Crippen molar-refractivity contribution < 1.29 is 0 Å². The van der Waals surface area contributed by atoms with Crippen LogP contribution in [-0.2, 0) is 0 Å². The van der Waals surface area contributed by atoms with E-state index >= 15 is 0 Å². The van der Waals surface area contributed by atoms with Gasteiger partial charge in [0.15, 0.2) is 0 Å². The number of hydrogen-bond acceptors (Lipinski definition) is 10. The van der Waals surface area contributed by atoms with Crippen LogP contribution in [0.15, 0.2) is 406 Å². The Hall–Kier alpha value is -14.9. The molecule has 24 aromatic rings. The fourth-order valence-corrected chi connectivity index (χ4v) is 17.6. The molecule has 0 unspecified atom stereocenters. The van der Waals surface area contributed by atoms with Gasteiger partial charge in [-0.2, -0.15) is 0 Å². The van der Waals surface area contributed by atoms with Crippen LogP contribution in [0.5, 0.6) is 0 Å². The molecule has 0 atom stereocenters. The molecule has 0 amide bonds. The van der Waals surface area contributed by atoms with Gasteiger partial charge in [0.2, 0.25) is 26.4 Å². The van der Waals surface area contributed by atoms with Crippen molar-refractivity contribution in [2.24, 2.45) is 0 Å². The summed E-state index contributed by atoms with van der Waals surface area (Å²) in [6, 6.07) is 139. The highest BCUT2D eigenvalue weighted by Gasteiger charge is 2.20. The normalized spacial score (nSPS) is 11.2. The second kappa shape index (κ2) is 34.9. The highest BCUT2D eigenvalue weighted by molar-refractivity contribution is 6.32. The van der Waals surface area contributed by atoms with Crippen LogP contribution in [0.4, 0.5) is 0 Å². The molecule has 0 bridgehead atoms. The molecule has 125 heavy (non-hydrogen) atoms. The smallest absolute Gasteiger partial charge is 0.218 e. The van der Waals surface area contributed by atoms with Gasteiger partial charge in [0.05, 0.1) is 56.1 Å². The zero-order chi connectivity index (χ0) is 84.3. The van der Waals surface area contributed by atoms with Gasteiger partial charge < -0.3 is 0 Å². The third kappa shape index (κ3) is 16.2. The van der Waals surface area contributed by atoms with Crippen LogP contribution >= 0.6 is 58.0 Å². The predicted molar refractivity (Wildman–Crippen MR) is 523 cm³/mol. The third-order valence-corrected chi connectivity index (χ3v) is 23.3. The molecule has 15 heteroatoms. The maximum absolute atomic E-state index is 6.26. The van der Waals surface area contributed by atoms with Gasteiger partial charge in [0.1, 0.15) is 0 Å². The van der Waals surface area contributed by atoms with E-state index in [1.54, 1.807) is 0 Å². The minimum atomic E-state index is 0.262. The number of aromatic nitrogens is 10. The Kier molecular flexibility index (Phi) is 22.0. The minimum absolute atomic E-state index is 0.262. The Labute approximate surface area is 743 Å². The van der Waals surface area contributed by atoms with Gasteiger partial charge in [-0.05, 0) is 198 Å². The molecule has 0 radical (unpaired) electrons. The summed E-state index contributed by atoms with van der Waals surface area (Å²) in [5, 5.41) is 22.8. The third-order valence-electron chi connectivity index (χ3n) is 22.4. The van der Waals surface area contributed by atoms with Gasteiger partial charge in [0.25, 0.3) is 0 Å². The summed E-state index contributed by atoms with van der Waals surface area (Å²) in [5.74, 6) is 0. The van der Waals surface area contributed by atoms with Crippen molar-refractivity contribution in [3.8, 4) is 78.5 Å². The summed E-state index contributed by atoms with van der Waals surface area (Å²) in [7, 11) is 0. The van der Waals surface area contributed by atoms with Gasteiger partial charge >= 0.3 is 0 Å². The van der Waals surface area contributed by atoms with Crippen molar-refractivity contribution in [2.75, 3.05) is 0 Å². The van der Waals surface area contributed by atoms with E-state index in [2.05, 4.69) is 280 Å². The molecule has 0 aliphatic rings. The lowest BCUT2D eigenvalue weighted by Crippen LogP contribution is -1.93. The lowest BCUT2D eigenvalue weighted by Gasteiger charge is -2.11. The van der Waals surface area contributed by atoms with Crippen LogP contribution in [0, 0.1) is 0 Å². The topological polar surface area (TPSA) is 129 Å². The summed E-state index contributed by atoms with van der Waals surface area (Å²) >= 11 is 31.1. The summed E-state index contributed by atoms with van der Waals surface area (Å²) in [4.78, 5) is 45.0.